The molecule has 6 heteroatoms. The molecule has 0 aliphatic heterocycles. The molecule has 0 spiro atoms. The predicted octanol–water partition coefficient (Wildman–Crippen LogP) is 1.84. The number of amides is 1. The van der Waals surface area contributed by atoms with Gasteiger partial charge in [-0.25, -0.2) is 4.68 Å². The molecular weight excluding hydrogens is 306 g/mol. The van der Waals surface area contributed by atoms with Gasteiger partial charge in [0.2, 0.25) is 5.91 Å². The van der Waals surface area contributed by atoms with Crippen molar-refractivity contribution in [2.24, 2.45) is 5.92 Å². The fourth-order valence-electron chi connectivity index (χ4n) is 2.43. The molecule has 0 saturated heterocycles. The second-order valence-electron chi connectivity index (χ2n) is 5.80. The summed E-state index contributed by atoms with van der Waals surface area (Å²) in [5, 5.41) is 7.23. The zero-order valence-corrected chi connectivity index (χ0v) is 13.7. The molecule has 0 unspecified atom stereocenters. The molecule has 0 radical (unpaired) electrons. The Labute approximate surface area is 140 Å². The summed E-state index contributed by atoms with van der Waals surface area (Å²) in [4.78, 5) is 23.6. The van der Waals surface area contributed by atoms with Crippen LogP contribution in [-0.4, -0.2) is 28.8 Å². The molecule has 1 saturated carbocycles. The SMILES string of the molecule is CCOc1ccc(-c2ccc(=O)n(CCNC(=O)C3CC3)n2)cc1. The number of nitrogens with one attached hydrogen (secondary N) is 1. The van der Waals surface area contributed by atoms with Crippen LogP contribution in [0.1, 0.15) is 19.8 Å². The number of carbonyl (C=O) groups excluding carboxylic acids is 1. The number of benzene rings is 1. The maximum absolute atomic E-state index is 11.9. The number of aromatic nitrogens is 2. The second-order valence-corrected chi connectivity index (χ2v) is 5.80. The van der Waals surface area contributed by atoms with Crippen molar-refractivity contribution in [3.63, 3.8) is 0 Å². The van der Waals surface area contributed by atoms with Crippen LogP contribution in [0, 0.1) is 5.92 Å². The monoisotopic (exact) mass is 327 g/mol. The molecule has 126 valence electrons. The van der Waals surface area contributed by atoms with Crippen molar-refractivity contribution in [3.05, 3.63) is 46.8 Å². The highest BCUT2D eigenvalue weighted by molar-refractivity contribution is 5.80. The minimum absolute atomic E-state index is 0.0747. The van der Waals surface area contributed by atoms with Gasteiger partial charge < -0.3 is 10.1 Å². The van der Waals surface area contributed by atoms with Gasteiger partial charge in [0.15, 0.2) is 0 Å². The Bertz CT molecular complexity index is 764. The molecule has 1 aliphatic rings. The summed E-state index contributed by atoms with van der Waals surface area (Å²) in [6, 6.07) is 10.8. The summed E-state index contributed by atoms with van der Waals surface area (Å²) in [5.41, 5.74) is 1.45. The van der Waals surface area contributed by atoms with Gasteiger partial charge >= 0.3 is 0 Å². The highest BCUT2D eigenvalue weighted by atomic mass is 16.5. The van der Waals surface area contributed by atoms with E-state index in [2.05, 4.69) is 10.4 Å². The van der Waals surface area contributed by atoms with E-state index in [1.807, 2.05) is 31.2 Å². The first-order chi connectivity index (χ1) is 11.7. The minimum atomic E-state index is -0.176. The lowest BCUT2D eigenvalue weighted by Gasteiger charge is -2.09. The van der Waals surface area contributed by atoms with Crippen LogP contribution in [0.3, 0.4) is 0 Å². The molecule has 0 atom stereocenters. The van der Waals surface area contributed by atoms with E-state index in [-0.39, 0.29) is 17.4 Å². The van der Waals surface area contributed by atoms with Crippen molar-refractivity contribution in [2.45, 2.75) is 26.3 Å². The first kappa shape index (κ1) is 16.2. The van der Waals surface area contributed by atoms with Gasteiger partial charge in [0.05, 0.1) is 18.8 Å². The van der Waals surface area contributed by atoms with Crippen LogP contribution in [0.15, 0.2) is 41.2 Å². The Kier molecular flexibility index (Phi) is 4.93. The largest absolute Gasteiger partial charge is 0.494 e. The average molecular weight is 327 g/mol. The van der Waals surface area contributed by atoms with Gasteiger partial charge in [0.25, 0.3) is 5.56 Å². The third-order valence-corrected chi connectivity index (χ3v) is 3.90. The highest BCUT2D eigenvalue weighted by Crippen LogP contribution is 2.28. The molecule has 1 aromatic heterocycles. The Morgan fingerprint density at radius 2 is 2.00 bits per heavy atom. The lowest BCUT2D eigenvalue weighted by molar-refractivity contribution is -0.122. The van der Waals surface area contributed by atoms with Crippen molar-refractivity contribution in [2.75, 3.05) is 13.2 Å². The molecule has 2 aromatic rings. The Hall–Kier alpha value is -2.63. The Balaban J connectivity index is 1.68. The summed E-state index contributed by atoms with van der Waals surface area (Å²) in [7, 11) is 0. The third kappa shape index (κ3) is 4.01. The van der Waals surface area contributed by atoms with E-state index in [9.17, 15) is 9.59 Å². The molecule has 1 aromatic carbocycles. The van der Waals surface area contributed by atoms with Crippen molar-refractivity contribution in [3.8, 4) is 17.0 Å². The first-order valence-electron chi connectivity index (χ1n) is 8.26. The first-order valence-corrected chi connectivity index (χ1v) is 8.26. The average Bonchev–Trinajstić information content (AvgIpc) is 3.43. The van der Waals surface area contributed by atoms with E-state index in [0.717, 1.165) is 24.2 Å². The van der Waals surface area contributed by atoms with Gasteiger partial charge in [0.1, 0.15) is 5.75 Å². The maximum Gasteiger partial charge on any atom is 0.266 e. The van der Waals surface area contributed by atoms with Gasteiger partial charge in [-0.05, 0) is 50.1 Å². The Morgan fingerprint density at radius 3 is 2.67 bits per heavy atom. The molecule has 1 heterocycles. The van der Waals surface area contributed by atoms with E-state index in [0.29, 0.717) is 25.4 Å². The maximum atomic E-state index is 11.9. The van der Waals surface area contributed by atoms with Crippen LogP contribution in [0.4, 0.5) is 0 Å². The summed E-state index contributed by atoms with van der Waals surface area (Å²) >= 11 is 0. The number of nitrogens with zero attached hydrogens (tertiary/aromatic N) is 2. The third-order valence-electron chi connectivity index (χ3n) is 3.90. The van der Waals surface area contributed by atoms with E-state index in [1.54, 1.807) is 6.07 Å². The van der Waals surface area contributed by atoms with Crippen LogP contribution in [0.25, 0.3) is 11.3 Å². The zero-order chi connectivity index (χ0) is 16.9. The molecule has 1 N–H and O–H groups in total. The molecule has 1 aliphatic carbocycles. The molecule has 6 nitrogen and oxygen atoms in total. The van der Waals surface area contributed by atoms with Crippen molar-refractivity contribution in [1.82, 2.24) is 15.1 Å². The van der Waals surface area contributed by atoms with Crippen LogP contribution >= 0.6 is 0 Å². The van der Waals surface area contributed by atoms with E-state index >= 15 is 0 Å². The number of hydrogen-bond acceptors (Lipinski definition) is 4. The summed E-state index contributed by atoms with van der Waals surface area (Å²) in [6.07, 6.45) is 1.94. The number of rotatable bonds is 7. The fourth-order valence-corrected chi connectivity index (χ4v) is 2.43. The fraction of sp³-hybridized carbons (Fsp3) is 0.389. The summed E-state index contributed by atoms with van der Waals surface area (Å²) < 4.78 is 6.81. The lowest BCUT2D eigenvalue weighted by Crippen LogP contribution is -2.32. The van der Waals surface area contributed by atoms with E-state index < -0.39 is 0 Å². The van der Waals surface area contributed by atoms with Gasteiger partial charge in [-0.15, -0.1) is 0 Å². The lowest BCUT2D eigenvalue weighted by atomic mass is 10.1. The smallest absolute Gasteiger partial charge is 0.266 e. The molecule has 0 bridgehead atoms. The van der Waals surface area contributed by atoms with Gasteiger partial charge in [-0.2, -0.15) is 5.10 Å². The minimum Gasteiger partial charge on any atom is -0.494 e. The molecule has 1 fully saturated rings. The normalized spacial score (nSPS) is 13.5. The van der Waals surface area contributed by atoms with Gasteiger partial charge in [-0.3, -0.25) is 9.59 Å². The second kappa shape index (κ2) is 7.29. The number of carbonyl (C=O) groups is 1. The number of hydrogen-bond donors (Lipinski definition) is 1. The molecule has 3 rings (SSSR count). The number of ether oxygens (including phenoxy) is 1. The van der Waals surface area contributed by atoms with Gasteiger partial charge in [0, 0.05) is 24.1 Å². The summed E-state index contributed by atoms with van der Waals surface area (Å²) in [6.45, 7) is 3.33. The molecule has 1 amide bonds. The highest BCUT2D eigenvalue weighted by Gasteiger charge is 2.29. The van der Waals surface area contributed by atoms with Crippen LogP contribution in [0.2, 0.25) is 0 Å². The summed E-state index contributed by atoms with van der Waals surface area (Å²) in [5.74, 6) is 1.05. The predicted molar refractivity (Wildman–Crippen MR) is 90.8 cm³/mol. The Morgan fingerprint density at radius 1 is 1.25 bits per heavy atom. The van der Waals surface area contributed by atoms with E-state index in [4.69, 9.17) is 4.74 Å². The van der Waals surface area contributed by atoms with Crippen LogP contribution in [-0.2, 0) is 11.3 Å². The van der Waals surface area contributed by atoms with E-state index in [1.165, 1.54) is 10.7 Å². The van der Waals surface area contributed by atoms with Crippen LogP contribution < -0.4 is 15.6 Å². The standard InChI is InChI=1S/C18H21N3O3/c1-2-24-15-7-5-13(6-8-15)16-9-10-17(22)21(20-16)12-11-19-18(23)14-3-4-14/h5-10,14H,2-4,11-12H2,1H3,(H,19,23). The van der Waals surface area contributed by atoms with Crippen molar-refractivity contribution >= 4 is 5.91 Å². The van der Waals surface area contributed by atoms with Gasteiger partial charge in [-0.1, -0.05) is 0 Å². The van der Waals surface area contributed by atoms with Crippen molar-refractivity contribution < 1.29 is 9.53 Å². The zero-order valence-electron chi connectivity index (χ0n) is 13.7. The van der Waals surface area contributed by atoms with Crippen LogP contribution in [0.5, 0.6) is 5.75 Å². The molecule has 24 heavy (non-hydrogen) atoms. The quantitative estimate of drug-likeness (QED) is 0.842. The van der Waals surface area contributed by atoms with Crippen molar-refractivity contribution in [1.29, 1.82) is 0 Å². The topological polar surface area (TPSA) is 73.2 Å². The molecular formula is C18H21N3O3.